The van der Waals surface area contributed by atoms with Crippen LogP contribution in [0.1, 0.15) is 39.3 Å². The highest BCUT2D eigenvalue weighted by atomic mass is 16.3. The fourth-order valence-corrected chi connectivity index (χ4v) is 2.05. The minimum atomic E-state index is -0.801. The van der Waals surface area contributed by atoms with E-state index in [4.69, 9.17) is 0 Å². The van der Waals surface area contributed by atoms with E-state index >= 15 is 0 Å². The third-order valence-electron chi connectivity index (χ3n) is 3.05. The van der Waals surface area contributed by atoms with Crippen LogP contribution in [-0.4, -0.2) is 22.8 Å². The van der Waals surface area contributed by atoms with Crippen molar-refractivity contribution < 1.29 is 5.11 Å². The first-order valence-corrected chi connectivity index (χ1v) is 5.84. The third-order valence-corrected chi connectivity index (χ3v) is 3.05. The zero-order chi connectivity index (χ0) is 12.3. The zero-order valence-corrected chi connectivity index (χ0v) is 10.9. The topological polar surface area (TPSA) is 23.5 Å². The summed E-state index contributed by atoms with van der Waals surface area (Å²) in [6.07, 6.45) is 0. The van der Waals surface area contributed by atoms with Crippen molar-refractivity contribution in [1.82, 2.24) is 4.90 Å². The minimum absolute atomic E-state index is 0.237. The van der Waals surface area contributed by atoms with Crippen LogP contribution in [0, 0.1) is 5.92 Å². The smallest absolute Gasteiger partial charge is 0.113 e. The molecule has 0 aliphatic heterocycles. The van der Waals surface area contributed by atoms with Gasteiger partial charge >= 0.3 is 0 Å². The lowest BCUT2D eigenvalue weighted by molar-refractivity contribution is -0.0954. The van der Waals surface area contributed by atoms with Gasteiger partial charge in [0.2, 0.25) is 0 Å². The van der Waals surface area contributed by atoms with Crippen molar-refractivity contribution in [3.63, 3.8) is 0 Å². The van der Waals surface area contributed by atoms with Gasteiger partial charge in [0.25, 0.3) is 0 Å². The zero-order valence-electron chi connectivity index (χ0n) is 10.9. The van der Waals surface area contributed by atoms with Crippen molar-refractivity contribution in [1.29, 1.82) is 0 Å². The number of nitrogens with zero attached hydrogens (tertiary/aromatic N) is 1. The van der Waals surface area contributed by atoms with Crippen molar-refractivity contribution >= 4 is 0 Å². The molecule has 0 spiro atoms. The average Bonchev–Trinajstić information content (AvgIpc) is 2.17. The van der Waals surface area contributed by atoms with E-state index in [1.165, 1.54) is 5.56 Å². The lowest BCUT2D eigenvalue weighted by Gasteiger charge is -2.39. The lowest BCUT2D eigenvalue weighted by Crippen LogP contribution is -2.44. The van der Waals surface area contributed by atoms with Gasteiger partial charge in [-0.3, -0.25) is 4.90 Å². The Morgan fingerprint density at radius 2 is 1.62 bits per heavy atom. The Morgan fingerprint density at radius 1 is 1.12 bits per heavy atom. The molecule has 1 aromatic rings. The summed E-state index contributed by atoms with van der Waals surface area (Å²) >= 11 is 0. The molecule has 0 aliphatic carbocycles. The average molecular weight is 221 g/mol. The van der Waals surface area contributed by atoms with E-state index in [1.54, 1.807) is 0 Å². The fraction of sp³-hybridized carbons (Fsp3) is 0.571. The van der Waals surface area contributed by atoms with Gasteiger partial charge < -0.3 is 5.11 Å². The lowest BCUT2D eigenvalue weighted by atomic mass is 9.93. The van der Waals surface area contributed by atoms with Gasteiger partial charge in [-0.2, -0.15) is 0 Å². The SMILES string of the molecule is CC(C)C(c1ccccc1)N(C)C(C)(C)O. The van der Waals surface area contributed by atoms with Crippen LogP contribution in [0.15, 0.2) is 30.3 Å². The molecule has 0 amide bonds. The molecule has 2 nitrogen and oxygen atoms in total. The highest BCUT2D eigenvalue weighted by Crippen LogP contribution is 2.31. The van der Waals surface area contributed by atoms with Gasteiger partial charge in [-0.1, -0.05) is 44.2 Å². The second-order valence-corrected chi connectivity index (χ2v) is 5.20. The summed E-state index contributed by atoms with van der Waals surface area (Å²) in [6, 6.07) is 10.6. The van der Waals surface area contributed by atoms with E-state index in [1.807, 2.05) is 44.0 Å². The van der Waals surface area contributed by atoms with Crippen LogP contribution in [0.25, 0.3) is 0 Å². The van der Waals surface area contributed by atoms with Gasteiger partial charge in [0.05, 0.1) is 0 Å². The van der Waals surface area contributed by atoms with E-state index in [0.29, 0.717) is 5.92 Å². The Labute approximate surface area is 98.9 Å². The van der Waals surface area contributed by atoms with Crippen molar-refractivity contribution in [2.75, 3.05) is 7.05 Å². The highest BCUT2D eigenvalue weighted by molar-refractivity contribution is 5.19. The Balaban J connectivity index is 3.02. The minimum Gasteiger partial charge on any atom is -0.376 e. The molecule has 0 saturated carbocycles. The van der Waals surface area contributed by atoms with E-state index < -0.39 is 5.72 Å². The third kappa shape index (κ3) is 3.06. The summed E-state index contributed by atoms with van der Waals surface area (Å²) in [5.41, 5.74) is 0.451. The molecule has 1 aromatic carbocycles. The molecule has 16 heavy (non-hydrogen) atoms. The Bertz CT molecular complexity index is 313. The summed E-state index contributed by atoms with van der Waals surface area (Å²) in [5, 5.41) is 10.1. The molecule has 0 aromatic heterocycles. The molecule has 0 saturated heterocycles. The molecule has 0 heterocycles. The van der Waals surface area contributed by atoms with E-state index in [2.05, 4.69) is 26.0 Å². The largest absolute Gasteiger partial charge is 0.376 e. The van der Waals surface area contributed by atoms with Crippen molar-refractivity contribution in [3.8, 4) is 0 Å². The monoisotopic (exact) mass is 221 g/mol. The second-order valence-electron chi connectivity index (χ2n) is 5.20. The van der Waals surface area contributed by atoms with Crippen molar-refractivity contribution in [3.05, 3.63) is 35.9 Å². The normalized spacial score (nSPS) is 14.5. The Kier molecular flexibility index (Phi) is 4.11. The molecule has 0 bridgehead atoms. The number of hydrogen-bond acceptors (Lipinski definition) is 2. The molecule has 0 fully saturated rings. The molecule has 0 radical (unpaired) electrons. The molecule has 1 unspecified atom stereocenters. The van der Waals surface area contributed by atoms with Gasteiger partial charge in [-0.25, -0.2) is 0 Å². The van der Waals surface area contributed by atoms with Crippen LogP contribution in [0.5, 0.6) is 0 Å². The summed E-state index contributed by atoms with van der Waals surface area (Å²) in [4.78, 5) is 2.02. The summed E-state index contributed by atoms with van der Waals surface area (Å²) in [7, 11) is 1.97. The van der Waals surface area contributed by atoms with Gasteiger partial charge in [0.15, 0.2) is 0 Å². The maximum Gasteiger partial charge on any atom is 0.113 e. The van der Waals surface area contributed by atoms with Gasteiger partial charge in [0.1, 0.15) is 5.72 Å². The second kappa shape index (κ2) is 4.98. The van der Waals surface area contributed by atoms with Crippen molar-refractivity contribution in [2.24, 2.45) is 5.92 Å². The fourth-order valence-electron chi connectivity index (χ4n) is 2.05. The maximum atomic E-state index is 10.1. The molecular weight excluding hydrogens is 198 g/mol. The van der Waals surface area contributed by atoms with Crippen molar-refractivity contribution in [2.45, 2.75) is 39.5 Å². The first-order chi connectivity index (χ1) is 7.34. The molecule has 2 heteroatoms. The predicted molar refractivity (Wildman–Crippen MR) is 68.1 cm³/mol. The summed E-state index contributed by atoms with van der Waals surface area (Å²) in [5.74, 6) is 0.457. The van der Waals surface area contributed by atoms with Crippen LogP contribution in [-0.2, 0) is 0 Å². The van der Waals surface area contributed by atoms with E-state index in [-0.39, 0.29) is 6.04 Å². The summed E-state index contributed by atoms with van der Waals surface area (Å²) in [6.45, 7) is 8.01. The molecule has 1 N–H and O–H groups in total. The van der Waals surface area contributed by atoms with E-state index in [0.717, 1.165) is 0 Å². The van der Waals surface area contributed by atoms with Gasteiger partial charge in [-0.05, 0) is 32.4 Å². The molecular formula is C14H23NO. The predicted octanol–water partition coefficient (Wildman–Crippen LogP) is 3.04. The van der Waals surface area contributed by atoms with Crippen LogP contribution in [0.3, 0.4) is 0 Å². The molecule has 1 atom stereocenters. The standard InChI is InChI=1S/C14H23NO/c1-11(2)13(15(5)14(3,4)16)12-9-7-6-8-10-12/h6-11,13,16H,1-5H3. The maximum absolute atomic E-state index is 10.1. The first kappa shape index (κ1) is 13.2. The number of aliphatic hydroxyl groups is 1. The Hall–Kier alpha value is -0.860. The molecule has 90 valence electrons. The quantitative estimate of drug-likeness (QED) is 0.790. The summed E-state index contributed by atoms with van der Waals surface area (Å²) < 4.78 is 0. The highest BCUT2D eigenvalue weighted by Gasteiger charge is 2.29. The van der Waals surface area contributed by atoms with Gasteiger partial charge in [0, 0.05) is 6.04 Å². The van der Waals surface area contributed by atoms with Crippen LogP contribution >= 0.6 is 0 Å². The van der Waals surface area contributed by atoms with Crippen LogP contribution in [0.2, 0.25) is 0 Å². The first-order valence-electron chi connectivity index (χ1n) is 5.84. The molecule has 0 aliphatic rings. The Morgan fingerprint density at radius 3 is 2.00 bits per heavy atom. The van der Waals surface area contributed by atoms with E-state index in [9.17, 15) is 5.11 Å². The molecule has 1 rings (SSSR count). The van der Waals surface area contributed by atoms with Crippen LogP contribution in [0.4, 0.5) is 0 Å². The number of benzene rings is 1. The number of rotatable bonds is 4. The van der Waals surface area contributed by atoms with Crippen LogP contribution < -0.4 is 0 Å². The number of hydrogen-bond donors (Lipinski definition) is 1. The van der Waals surface area contributed by atoms with Gasteiger partial charge in [-0.15, -0.1) is 0 Å².